The second kappa shape index (κ2) is 12.1. The molecule has 0 amide bonds. The van der Waals surface area contributed by atoms with Crippen LogP contribution in [0.2, 0.25) is 0 Å². The van der Waals surface area contributed by atoms with Gasteiger partial charge in [0, 0.05) is 0 Å². The summed E-state index contributed by atoms with van der Waals surface area (Å²) in [5, 5.41) is 0. The Labute approximate surface area is 230 Å². The Hall–Kier alpha value is -2.52. The summed E-state index contributed by atoms with van der Waals surface area (Å²) >= 11 is 0. The minimum absolute atomic E-state index is 0.0817. The van der Waals surface area contributed by atoms with Gasteiger partial charge in [-0.3, -0.25) is 9.59 Å². The average molecular weight is 542 g/mol. The quantitative estimate of drug-likeness (QED) is 0.199. The van der Waals surface area contributed by atoms with Gasteiger partial charge in [0.25, 0.3) is 0 Å². The lowest BCUT2D eigenvalue weighted by atomic mass is 9.72. The Balaban J connectivity index is 2.49. The van der Waals surface area contributed by atoms with Crippen LogP contribution in [0.15, 0.2) is 48.5 Å². The zero-order valence-corrected chi connectivity index (χ0v) is 25.8. The molecule has 0 radical (unpaired) electrons. The zero-order valence-electron chi connectivity index (χ0n) is 24.9. The molecule has 0 saturated carbocycles. The maximum Gasteiger partial charge on any atom is 0.340 e. The summed E-state index contributed by atoms with van der Waals surface area (Å²) in [6.45, 7) is 16.3. The molecule has 0 fully saturated rings. The van der Waals surface area contributed by atoms with Crippen molar-refractivity contribution in [3.63, 3.8) is 0 Å². The monoisotopic (exact) mass is 541 g/mol. The molecule has 0 spiro atoms. The van der Waals surface area contributed by atoms with Crippen LogP contribution in [0.1, 0.15) is 88.9 Å². The van der Waals surface area contributed by atoms with Crippen molar-refractivity contribution in [2.75, 3.05) is 26.5 Å². The minimum Gasteiger partial charge on any atom is -0.496 e. The number of hydrogen-bond acceptors (Lipinski definition) is 5. The van der Waals surface area contributed by atoms with Gasteiger partial charge in [0.1, 0.15) is 11.5 Å². The van der Waals surface area contributed by atoms with Crippen LogP contribution in [0.5, 0.6) is 11.5 Å². The Bertz CT molecular complexity index is 1070. The number of ketones is 2. The Morgan fingerprint density at radius 3 is 1.24 bits per heavy atom. The molecule has 2 unspecified atom stereocenters. The normalized spacial score (nSPS) is 15.7. The average Bonchev–Trinajstić information content (AvgIpc) is 2.80. The maximum atomic E-state index is 14.0. The van der Waals surface area contributed by atoms with E-state index in [9.17, 15) is 14.2 Å². The number of rotatable bonds is 12. The summed E-state index contributed by atoms with van der Waals surface area (Å²) in [6.07, 6.45) is 1.48. The SMILES string of the molecule is COc1ccccc1C(=O)C(C)(C[P+](=O)CC(C)(CC(C)(C)C)C(=O)c1ccccc1OC)CC(C)(C)C. The van der Waals surface area contributed by atoms with E-state index in [0.717, 1.165) is 0 Å². The summed E-state index contributed by atoms with van der Waals surface area (Å²) in [6, 6.07) is 14.4. The highest BCUT2D eigenvalue weighted by molar-refractivity contribution is 7.44. The topological polar surface area (TPSA) is 69.7 Å². The first-order valence-electron chi connectivity index (χ1n) is 13.2. The van der Waals surface area contributed by atoms with Gasteiger partial charge < -0.3 is 9.47 Å². The number of ether oxygens (including phenoxy) is 2. The number of benzene rings is 2. The molecule has 0 aliphatic heterocycles. The van der Waals surface area contributed by atoms with E-state index in [1.807, 2.05) is 38.1 Å². The molecule has 2 aromatic carbocycles. The van der Waals surface area contributed by atoms with Gasteiger partial charge in [0.2, 0.25) is 0 Å². The fraction of sp³-hybridized carbons (Fsp3) is 0.562. The van der Waals surface area contributed by atoms with Crippen molar-refractivity contribution in [1.29, 1.82) is 0 Å². The highest BCUT2D eigenvalue weighted by Crippen LogP contribution is 2.48. The molecule has 0 N–H and O–H groups in total. The second-order valence-electron chi connectivity index (χ2n) is 13.5. The lowest BCUT2D eigenvalue weighted by Gasteiger charge is -2.34. The van der Waals surface area contributed by atoms with Gasteiger partial charge in [-0.1, -0.05) is 70.4 Å². The molecule has 0 aliphatic carbocycles. The van der Waals surface area contributed by atoms with E-state index in [1.54, 1.807) is 38.5 Å². The van der Waals surface area contributed by atoms with Crippen molar-refractivity contribution >= 4 is 19.4 Å². The van der Waals surface area contributed by atoms with Gasteiger partial charge in [-0.15, -0.1) is 0 Å². The molecule has 6 heteroatoms. The largest absolute Gasteiger partial charge is 0.496 e. The van der Waals surface area contributed by atoms with E-state index in [-0.39, 0.29) is 34.7 Å². The Morgan fingerprint density at radius 2 is 0.947 bits per heavy atom. The summed E-state index contributed by atoms with van der Waals surface area (Å²) in [5.41, 5.74) is -1.15. The molecule has 2 rings (SSSR count). The predicted molar refractivity (Wildman–Crippen MR) is 156 cm³/mol. The van der Waals surface area contributed by atoms with Crippen molar-refractivity contribution < 1.29 is 23.6 Å². The van der Waals surface area contributed by atoms with Crippen molar-refractivity contribution in [1.82, 2.24) is 0 Å². The van der Waals surface area contributed by atoms with Crippen molar-refractivity contribution in [2.45, 2.75) is 68.2 Å². The molecule has 5 nitrogen and oxygen atoms in total. The Kier molecular flexibility index (Phi) is 10.1. The summed E-state index contributed by atoms with van der Waals surface area (Å²) in [4.78, 5) is 28.0. The number of para-hydroxylation sites is 2. The van der Waals surface area contributed by atoms with E-state index in [0.29, 0.717) is 35.5 Å². The van der Waals surface area contributed by atoms with Gasteiger partial charge in [0.15, 0.2) is 23.9 Å². The molecule has 0 saturated heterocycles. The maximum absolute atomic E-state index is 14.0. The van der Waals surface area contributed by atoms with Gasteiger partial charge in [-0.2, -0.15) is 0 Å². The van der Waals surface area contributed by atoms with E-state index < -0.39 is 18.6 Å². The number of methoxy groups -OCH3 is 2. The van der Waals surface area contributed by atoms with Crippen LogP contribution in [-0.4, -0.2) is 38.1 Å². The van der Waals surface area contributed by atoms with E-state index in [4.69, 9.17) is 9.47 Å². The van der Waals surface area contributed by atoms with Gasteiger partial charge in [0.05, 0.1) is 36.2 Å². The summed E-state index contributed by atoms with van der Waals surface area (Å²) in [7, 11) is 1.19. The smallest absolute Gasteiger partial charge is 0.340 e. The third kappa shape index (κ3) is 8.24. The summed E-state index contributed by atoms with van der Waals surface area (Å²) < 4.78 is 25.0. The van der Waals surface area contributed by atoms with Crippen LogP contribution in [0.25, 0.3) is 0 Å². The number of carbonyl (C=O) groups is 2. The van der Waals surface area contributed by atoms with Crippen LogP contribution in [-0.2, 0) is 4.57 Å². The molecule has 2 aromatic rings. The van der Waals surface area contributed by atoms with Crippen LogP contribution in [0, 0.1) is 21.7 Å². The fourth-order valence-electron chi connectivity index (χ4n) is 5.91. The Morgan fingerprint density at radius 1 is 0.632 bits per heavy atom. The molecular weight excluding hydrogens is 495 g/mol. The third-order valence-corrected chi connectivity index (χ3v) is 8.79. The van der Waals surface area contributed by atoms with Gasteiger partial charge >= 0.3 is 7.80 Å². The lowest BCUT2D eigenvalue weighted by Crippen LogP contribution is -2.38. The number of Topliss-reactive ketones (excluding diaryl/α,β-unsaturated/α-hetero) is 2. The van der Waals surface area contributed by atoms with Crippen molar-refractivity contribution in [3.8, 4) is 11.5 Å². The fourth-order valence-corrected chi connectivity index (χ4v) is 8.09. The molecule has 208 valence electrons. The lowest BCUT2D eigenvalue weighted by molar-refractivity contribution is 0.0764. The highest BCUT2D eigenvalue weighted by Gasteiger charge is 2.49. The molecule has 0 bridgehead atoms. The number of hydrogen-bond donors (Lipinski definition) is 0. The molecule has 0 aromatic heterocycles. The van der Waals surface area contributed by atoms with E-state index in [2.05, 4.69) is 41.5 Å². The highest BCUT2D eigenvalue weighted by atomic mass is 31.1. The van der Waals surface area contributed by atoms with Crippen LogP contribution in [0.3, 0.4) is 0 Å². The van der Waals surface area contributed by atoms with Gasteiger partial charge in [-0.25, -0.2) is 0 Å². The first-order chi connectivity index (χ1) is 17.4. The van der Waals surface area contributed by atoms with Crippen LogP contribution >= 0.6 is 7.80 Å². The minimum atomic E-state index is -1.91. The van der Waals surface area contributed by atoms with Crippen molar-refractivity contribution in [2.24, 2.45) is 21.7 Å². The zero-order chi connectivity index (χ0) is 28.9. The first kappa shape index (κ1) is 31.7. The summed E-state index contributed by atoms with van der Waals surface area (Å²) in [5.74, 6) is 0.858. The third-order valence-electron chi connectivity index (χ3n) is 6.69. The molecule has 0 heterocycles. The predicted octanol–water partition coefficient (Wildman–Crippen LogP) is 8.48. The van der Waals surface area contributed by atoms with Gasteiger partial charge in [-0.05, 0) is 61.8 Å². The molecule has 2 atom stereocenters. The first-order valence-corrected chi connectivity index (χ1v) is 14.9. The van der Waals surface area contributed by atoms with Crippen LogP contribution < -0.4 is 9.47 Å². The van der Waals surface area contributed by atoms with Crippen molar-refractivity contribution in [3.05, 3.63) is 59.7 Å². The molecule has 38 heavy (non-hydrogen) atoms. The van der Waals surface area contributed by atoms with Crippen LogP contribution in [0.4, 0.5) is 0 Å². The standard InChI is InChI=1S/C32H46O5P/c1-29(2,3)19-31(7,27(33)23-15-11-13-17-25(23)36-9)21-38(35)22-32(8,20-30(4,5)6)28(34)24-16-12-14-18-26(24)37-10/h11-18H,19-22H2,1-10H3/q+1. The molecular formula is C32H46O5P+. The van der Waals surface area contributed by atoms with E-state index >= 15 is 0 Å². The number of carbonyl (C=O) groups excluding carboxylic acids is 2. The molecule has 0 aliphatic rings. The van der Waals surface area contributed by atoms with E-state index in [1.165, 1.54) is 0 Å². The second-order valence-corrected chi connectivity index (χ2v) is 15.0.